The predicted molar refractivity (Wildman–Crippen MR) is 123 cm³/mol. The molecule has 32 heavy (non-hydrogen) atoms. The zero-order valence-electron chi connectivity index (χ0n) is 18.0. The number of piperazine rings is 1. The van der Waals surface area contributed by atoms with Crippen LogP contribution in [0.4, 0.5) is 5.82 Å². The van der Waals surface area contributed by atoms with Gasteiger partial charge in [0.2, 0.25) is 10.0 Å². The fourth-order valence-corrected chi connectivity index (χ4v) is 5.88. The number of rotatable bonds is 5. The summed E-state index contributed by atoms with van der Waals surface area (Å²) in [4.78, 5) is 20.1. The van der Waals surface area contributed by atoms with Crippen LogP contribution in [0, 0.1) is 11.3 Å². The molecule has 0 bridgehead atoms. The van der Waals surface area contributed by atoms with Crippen molar-refractivity contribution in [3.8, 4) is 17.2 Å². The minimum atomic E-state index is -3.19. The third-order valence-corrected chi connectivity index (χ3v) is 8.48. The molecule has 1 aliphatic carbocycles. The number of sulfonamides is 1. The van der Waals surface area contributed by atoms with Crippen LogP contribution in [0.5, 0.6) is 0 Å². The highest BCUT2D eigenvalue weighted by Crippen LogP contribution is 2.33. The molecule has 1 aromatic carbocycles. The Morgan fingerprint density at radius 2 is 1.84 bits per heavy atom. The summed E-state index contributed by atoms with van der Waals surface area (Å²) in [5.41, 5.74) is 2.28. The molecule has 1 amide bonds. The number of carbonyl (C=O) groups excluding carboxylic acids is 1. The Morgan fingerprint density at radius 3 is 2.41 bits per heavy atom. The Morgan fingerprint density at radius 1 is 1.16 bits per heavy atom. The van der Waals surface area contributed by atoms with Crippen LogP contribution >= 0.6 is 11.6 Å². The number of carbonyl (C=O) groups is 1. The van der Waals surface area contributed by atoms with Crippen LogP contribution in [0.2, 0.25) is 5.02 Å². The Kier molecular flexibility index (Phi) is 6.12. The Labute approximate surface area is 193 Å². The highest BCUT2D eigenvalue weighted by molar-refractivity contribution is 7.90. The van der Waals surface area contributed by atoms with Crippen molar-refractivity contribution in [3.63, 3.8) is 0 Å². The first-order chi connectivity index (χ1) is 15.2. The summed E-state index contributed by atoms with van der Waals surface area (Å²) in [6.45, 7) is 1.76. The largest absolute Gasteiger partial charge is 0.353 e. The third-order valence-electron chi connectivity index (χ3n) is 5.77. The second kappa shape index (κ2) is 8.70. The van der Waals surface area contributed by atoms with E-state index in [0.29, 0.717) is 53.7 Å². The van der Waals surface area contributed by atoms with Gasteiger partial charge in [-0.05, 0) is 36.6 Å². The van der Waals surface area contributed by atoms with Crippen molar-refractivity contribution in [1.29, 1.82) is 5.26 Å². The van der Waals surface area contributed by atoms with Crippen molar-refractivity contribution in [3.05, 3.63) is 46.6 Å². The van der Waals surface area contributed by atoms with E-state index in [-0.39, 0.29) is 11.2 Å². The van der Waals surface area contributed by atoms with Crippen LogP contribution in [0.3, 0.4) is 0 Å². The first-order valence-electron chi connectivity index (χ1n) is 10.4. The first-order valence-corrected chi connectivity index (χ1v) is 12.3. The number of hydrogen-bond acceptors (Lipinski definition) is 6. The van der Waals surface area contributed by atoms with Gasteiger partial charge in [0, 0.05) is 52.0 Å². The van der Waals surface area contributed by atoms with Crippen LogP contribution in [0.15, 0.2) is 30.5 Å². The third kappa shape index (κ3) is 4.31. The molecule has 2 fully saturated rings. The fraction of sp³-hybridized carbons (Fsp3) is 0.409. The molecule has 1 saturated carbocycles. The number of pyridine rings is 1. The monoisotopic (exact) mass is 473 g/mol. The number of nitrogens with zero attached hydrogens (tertiary/aromatic N) is 5. The van der Waals surface area contributed by atoms with Crippen LogP contribution < -0.4 is 4.90 Å². The number of nitriles is 1. The zero-order chi connectivity index (χ0) is 23.0. The summed E-state index contributed by atoms with van der Waals surface area (Å²) < 4.78 is 26.5. The highest BCUT2D eigenvalue weighted by Gasteiger charge is 2.41. The standard InChI is InChI=1S/C22H24ClN5O3S/c1-26(2)22(29)19-6-3-15(12-20(19)23)17-11-16(13-24)21(25-14-17)27-7-9-28(10-8-27)32(30,31)18-4-5-18/h3,6,11-12,14,18H,4-5,7-10H2,1-2H3. The van der Waals surface area contributed by atoms with Gasteiger partial charge in [0.25, 0.3) is 5.91 Å². The molecule has 0 N–H and O–H groups in total. The zero-order valence-corrected chi connectivity index (χ0v) is 19.5. The summed E-state index contributed by atoms with van der Waals surface area (Å²) >= 11 is 6.33. The van der Waals surface area contributed by atoms with Crippen molar-refractivity contribution in [2.45, 2.75) is 18.1 Å². The summed E-state index contributed by atoms with van der Waals surface area (Å²) in [5.74, 6) is 0.362. The molecular weight excluding hydrogens is 450 g/mol. The number of hydrogen-bond donors (Lipinski definition) is 0. The molecule has 4 rings (SSSR count). The maximum Gasteiger partial charge on any atom is 0.254 e. The van der Waals surface area contributed by atoms with Gasteiger partial charge in [-0.2, -0.15) is 9.57 Å². The van der Waals surface area contributed by atoms with E-state index in [1.807, 2.05) is 4.90 Å². The smallest absolute Gasteiger partial charge is 0.254 e. The molecule has 2 heterocycles. The van der Waals surface area contributed by atoms with E-state index in [1.165, 1.54) is 4.90 Å². The van der Waals surface area contributed by atoms with Gasteiger partial charge >= 0.3 is 0 Å². The summed E-state index contributed by atoms with van der Waals surface area (Å²) in [6.07, 6.45) is 3.17. The maximum absolute atomic E-state index is 12.5. The Balaban J connectivity index is 1.53. The second-order valence-corrected chi connectivity index (χ2v) is 10.9. The van der Waals surface area contributed by atoms with Crippen molar-refractivity contribution in [2.24, 2.45) is 0 Å². The average molecular weight is 474 g/mol. The predicted octanol–water partition coefficient (Wildman–Crippen LogP) is 2.59. The van der Waals surface area contributed by atoms with Gasteiger partial charge in [-0.3, -0.25) is 4.79 Å². The van der Waals surface area contributed by atoms with Crippen LogP contribution in [-0.2, 0) is 10.0 Å². The van der Waals surface area contributed by atoms with E-state index < -0.39 is 10.0 Å². The fourth-order valence-electron chi connectivity index (χ4n) is 3.79. The van der Waals surface area contributed by atoms with Gasteiger partial charge in [0.15, 0.2) is 0 Å². The van der Waals surface area contributed by atoms with E-state index in [9.17, 15) is 18.5 Å². The van der Waals surface area contributed by atoms with Gasteiger partial charge in [-0.25, -0.2) is 13.4 Å². The summed E-state index contributed by atoms with van der Waals surface area (Å²) in [7, 11) is 0.134. The van der Waals surface area contributed by atoms with E-state index in [0.717, 1.165) is 18.4 Å². The Bertz CT molecular complexity index is 1200. The van der Waals surface area contributed by atoms with Crippen molar-refractivity contribution >= 4 is 33.3 Å². The lowest BCUT2D eigenvalue weighted by Crippen LogP contribution is -2.50. The van der Waals surface area contributed by atoms with Crippen LogP contribution in [0.25, 0.3) is 11.1 Å². The lowest BCUT2D eigenvalue weighted by molar-refractivity contribution is 0.0828. The second-order valence-electron chi connectivity index (χ2n) is 8.23. The van der Waals surface area contributed by atoms with Gasteiger partial charge < -0.3 is 9.80 Å². The Hall–Kier alpha value is -2.67. The molecule has 0 radical (unpaired) electrons. The maximum atomic E-state index is 12.5. The molecule has 8 nitrogen and oxygen atoms in total. The molecule has 1 aromatic heterocycles. The number of benzene rings is 1. The van der Waals surface area contributed by atoms with Crippen LogP contribution in [0.1, 0.15) is 28.8 Å². The lowest BCUT2D eigenvalue weighted by atomic mass is 10.0. The topological polar surface area (TPSA) is 97.6 Å². The molecule has 0 atom stereocenters. The number of anilines is 1. The van der Waals surface area contributed by atoms with Crippen LogP contribution in [-0.4, -0.2) is 74.0 Å². The highest BCUT2D eigenvalue weighted by atomic mass is 35.5. The molecule has 2 aromatic rings. The number of aromatic nitrogens is 1. The quantitative estimate of drug-likeness (QED) is 0.662. The van der Waals surface area contributed by atoms with E-state index in [2.05, 4.69) is 11.1 Å². The summed E-state index contributed by atoms with van der Waals surface area (Å²) in [5, 5.41) is 9.83. The molecule has 0 spiro atoms. The van der Waals surface area contributed by atoms with E-state index in [1.54, 1.807) is 48.9 Å². The number of halogens is 1. The minimum Gasteiger partial charge on any atom is -0.353 e. The lowest BCUT2D eigenvalue weighted by Gasteiger charge is -2.35. The molecule has 0 unspecified atom stereocenters. The van der Waals surface area contributed by atoms with Crippen molar-refractivity contribution < 1.29 is 13.2 Å². The van der Waals surface area contributed by atoms with Crippen molar-refractivity contribution in [1.82, 2.24) is 14.2 Å². The SMILES string of the molecule is CN(C)C(=O)c1ccc(-c2cnc(N3CCN(S(=O)(=O)C4CC4)CC3)c(C#N)c2)cc1Cl. The van der Waals surface area contributed by atoms with E-state index >= 15 is 0 Å². The van der Waals surface area contributed by atoms with E-state index in [4.69, 9.17) is 11.6 Å². The van der Waals surface area contributed by atoms with Crippen molar-refractivity contribution in [2.75, 3.05) is 45.2 Å². The molecule has 1 saturated heterocycles. The minimum absolute atomic E-state index is 0.185. The molecule has 1 aliphatic heterocycles. The normalized spacial score (nSPS) is 17.1. The first kappa shape index (κ1) is 22.5. The van der Waals surface area contributed by atoms with Gasteiger partial charge in [-0.1, -0.05) is 17.7 Å². The van der Waals surface area contributed by atoms with Gasteiger partial charge in [0.1, 0.15) is 11.9 Å². The van der Waals surface area contributed by atoms with Gasteiger partial charge in [-0.15, -0.1) is 0 Å². The molecule has 2 aliphatic rings. The molecule has 10 heteroatoms. The number of amides is 1. The van der Waals surface area contributed by atoms with Gasteiger partial charge in [0.05, 0.1) is 21.4 Å². The summed E-state index contributed by atoms with van der Waals surface area (Å²) in [6, 6.07) is 9.08. The molecular formula is C22H24ClN5O3S. The molecule has 168 valence electrons. The average Bonchev–Trinajstić information content (AvgIpc) is 3.64.